The molecule has 0 aliphatic carbocycles. The van der Waals surface area contributed by atoms with E-state index in [1.165, 1.54) is 0 Å². The Balaban J connectivity index is 0.747. The fraction of sp³-hybridized carbons (Fsp3) is 0.205. The van der Waals surface area contributed by atoms with Crippen molar-refractivity contribution in [3.05, 3.63) is 223 Å². The van der Waals surface area contributed by atoms with Crippen LogP contribution < -0.4 is 21.7 Å². The van der Waals surface area contributed by atoms with Crippen LogP contribution in [-0.2, 0) is 26.7 Å². The van der Waals surface area contributed by atoms with Gasteiger partial charge in [0.05, 0.1) is 64.6 Å². The Labute approximate surface area is 536 Å². The molecular weight excluding hydrogens is 1180 g/mol. The normalized spacial score (nSPS) is 12.3. The van der Waals surface area contributed by atoms with Gasteiger partial charge in [-0.3, -0.25) is 19.2 Å². The van der Waals surface area contributed by atoms with Crippen molar-refractivity contribution in [2.24, 2.45) is 7.05 Å². The number of benzene rings is 8. The Morgan fingerprint density at radius 3 is 1.27 bits per heavy atom. The zero-order valence-corrected chi connectivity index (χ0v) is 53.8. The first kappa shape index (κ1) is 57.2. The Bertz CT molecular complexity index is 5940. The topological polar surface area (TPSA) is 124 Å². The third kappa shape index (κ3) is 9.27. The van der Waals surface area contributed by atoms with Gasteiger partial charge in [-0.15, -0.1) is 22.7 Å². The van der Waals surface area contributed by atoms with Crippen molar-refractivity contribution < 1.29 is 0 Å². The van der Waals surface area contributed by atoms with Gasteiger partial charge in [-0.1, -0.05) is 49.7 Å². The lowest BCUT2D eigenvalue weighted by Crippen LogP contribution is -2.17. The van der Waals surface area contributed by atoms with Crippen molar-refractivity contribution in [1.82, 2.24) is 37.4 Å². The van der Waals surface area contributed by atoms with Crippen molar-refractivity contribution in [1.29, 1.82) is 0 Å². The first-order valence-corrected chi connectivity index (χ1v) is 33.7. The standard InChI is InChI=1S/C78H66N8O4S2/c1-7-8-35-83-63-28-26-49(77-79-59-18-10-12-22-71(59)91-77)39-51(63)73(87)55-42-68-56(41-67(55)83)74(88)52-40-50(78-80-60-19-11-13-23-72(60)92-78)27-29-64(52)84(68)36-15-9-14-33-82-34-17-21-62(82)48-25-31-66-54(38-48)76(90)58-44-69-57(43-70(58)86(66)46(4)5)75(89)53-37-47(61-20-16-32-81(61)6)24-30-65(53)85(69)45(2)3/h10-13,16-32,34,37-46H,7-9,14-15,33,35-36H2,1-6H3. The highest BCUT2D eigenvalue weighted by Gasteiger charge is 2.23. The zero-order chi connectivity index (χ0) is 62.8. The minimum atomic E-state index is -0.0701. The van der Waals surface area contributed by atoms with Gasteiger partial charge in [-0.05, 0) is 198 Å². The Morgan fingerprint density at radius 1 is 0.380 bits per heavy atom. The smallest absolute Gasteiger partial charge is 0.197 e. The van der Waals surface area contributed by atoms with Gasteiger partial charge in [0.1, 0.15) is 10.0 Å². The lowest BCUT2D eigenvalue weighted by Gasteiger charge is -2.22. The molecule has 0 atom stereocenters. The lowest BCUT2D eigenvalue weighted by molar-refractivity contribution is 0.559. The molecule has 8 aromatic carbocycles. The molecule has 0 spiro atoms. The molecule has 0 bridgehead atoms. The van der Waals surface area contributed by atoms with Gasteiger partial charge in [-0.2, -0.15) is 0 Å². The van der Waals surface area contributed by atoms with Gasteiger partial charge in [0.25, 0.3) is 0 Å². The van der Waals surface area contributed by atoms with Crippen LogP contribution >= 0.6 is 22.7 Å². The molecule has 0 aliphatic heterocycles. The van der Waals surface area contributed by atoms with Gasteiger partial charge in [0, 0.05) is 117 Å². The summed E-state index contributed by atoms with van der Waals surface area (Å²) in [6, 6.07) is 57.1. The van der Waals surface area contributed by atoms with Gasteiger partial charge in [0.2, 0.25) is 0 Å². The van der Waals surface area contributed by atoms with E-state index < -0.39 is 0 Å². The second-order valence-corrected chi connectivity index (χ2v) is 27.3. The Hall–Kier alpha value is -10.0. The average Bonchev–Trinajstić information content (AvgIpc) is 0.885. The van der Waals surface area contributed by atoms with Crippen LogP contribution in [0.3, 0.4) is 0 Å². The first-order chi connectivity index (χ1) is 44.8. The molecule has 0 amide bonds. The summed E-state index contributed by atoms with van der Waals surface area (Å²) in [4.78, 5) is 70.3. The molecule has 12 nitrogen and oxygen atoms in total. The number of pyridine rings is 4. The summed E-state index contributed by atoms with van der Waals surface area (Å²) in [5, 5.41) is 6.60. The number of thiazole rings is 2. The van der Waals surface area contributed by atoms with Crippen LogP contribution in [0.2, 0.25) is 0 Å². The van der Waals surface area contributed by atoms with Gasteiger partial charge >= 0.3 is 0 Å². The molecule has 8 heterocycles. The molecule has 0 saturated heterocycles. The van der Waals surface area contributed by atoms with Crippen LogP contribution in [-0.4, -0.2) is 37.4 Å². The Kier molecular flexibility index (Phi) is 13.9. The molecule has 8 aromatic heterocycles. The zero-order valence-electron chi connectivity index (χ0n) is 52.2. The van der Waals surface area contributed by atoms with E-state index in [-0.39, 0.29) is 33.8 Å². The van der Waals surface area contributed by atoms with E-state index in [0.717, 1.165) is 147 Å². The number of rotatable bonds is 15. The molecule has 0 radical (unpaired) electrons. The number of nitrogens with zero attached hydrogens (tertiary/aromatic N) is 8. The third-order valence-corrected chi connectivity index (χ3v) is 21.0. The molecule has 454 valence electrons. The fourth-order valence-corrected chi connectivity index (χ4v) is 16.4. The summed E-state index contributed by atoms with van der Waals surface area (Å²) >= 11 is 3.25. The maximum absolute atomic E-state index is 15.3. The molecule has 92 heavy (non-hydrogen) atoms. The summed E-state index contributed by atoms with van der Waals surface area (Å²) in [5.74, 6) is 0. The number of unbranched alkanes of at least 4 members (excludes halogenated alkanes) is 3. The van der Waals surface area contributed by atoms with Crippen LogP contribution in [0.25, 0.3) is 151 Å². The van der Waals surface area contributed by atoms with Crippen molar-refractivity contribution in [2.75, 3.05) is 0 Å². The third-order valence-electron chi connectivity index (χ3n) is 18.9. The van der Waals surface area contributed by atoms with E-state index in [1.807, 2.05) is 104 Å². The Morgan fingerprint density at radius 2 is 0.783 bits per heavy atom. The average molecular weight is 1240 g/mol. The van der Waals surface area contributed by atoms with Crippen molar-refractivity contribution in [3.63, 3.8) is 0 Å². The molecule has 0 fully saturated rings. The van der Waals surface area contributed by atoms with Crippen LogP contribution in [0, 0.1) is 0 Å². The number of fused-ring (bicyclic) bond motifs is 10. The van der Waals surface area contributed by atoms with E-state index in [0.29, 0.717) is 56.2 Å². The molecule has 16 aromatic rings. The highest BCUT2D eigenvalue weighted by Crippen LogP contribution is 2.38. The molecule has 14 heteroatoms. The highest BCUT2D eigenvalue weighted by molar-refractivity contribution is 7.22. The predicted octanol–water partition coefficient (Wildman–Crippen LogP) is 18.4. The van der Waals surface area contributed by atoms with Crippen molar-refractivity contribution in [2.45, 2.75) is 98.4 Å². The van der Waals surface area contributed by atoms with Crippen molar-refractivity contribution in [3.8, 4) is 43.7 Å². The monoisotopic (exact) mass is 1240 g/mol. The van der Waals surface area contributed by atoms with Crippen LogP contribution in [0.4, 0.5) is 0 Å². The van der Waals surface area contributed by atoms with Gasteiger partial charge in [-0.25, -0.2) is 9.97 Å². The molecule has 0 aliphatic rings. The minimum absolute atomic E-state index is 0.00493. The highest BCUT2D eigenvalue weighted by atomic mass is 32.1. The summed E-state index contributed by atoms with van der Waals surface area (Å²) in [7, 11) is 2.01. The number of hydrogen-bond donors (Lipinski definition) is 0. The molecular formula is C78H66N8O4S2. The van der Waals surface area contributed by atoms with E-state index in [2.05, 4.69) is 147 Å². The maximum Gasteiger partial charge on any atom is 0.197 e. The van der Waals surface area contributed by atoms with Gasteiger partial charge < -0.3 is 27.4 Å². The number of para-hydroxylation sites is 2. The van der Waals surface area contributed by atoms with Crippen LogP contribution in [0.15, 0.2) is 201 Å². The number of hydrogen-bond acceptors (Lipinski definition) is 8. The SMILES string of the molecule is CCCCn1c2ccc(-c3nc4ccccc4s3)cc2c(=O)c2cc3c(cc21)c(=O)c1cc(-c2nc4ccccc4s2)ccc1n3CCCCCn1cccc1-c1ccc2c(c1)c(=O)c1cc3c(cc1n2C(C)C)c(=O)c1cc(-c2cccn2C)ccc1n3C(C)C. The van der Waals surface area contributed by atoms with E-state index in [9.17, 15) is 4.79 Å². The summed E-state index contributed by atoms with van der Waals surface area (Å²) < 4.78 is 15.5. The van der Waals surface area contributed by atoms with Crippen LogP contribution in [0.1, 0.15) is 78.8 Å². The molecule has 0 saturated carbocycles. The lowest BCUT2D eigenvalue weighted by atomic mass is 10.00. The summed E-state index contributed by atoms with van der Waals surface area (Å²) in [5.41, 5.74) is 13.7. The van der Waals surface area contributed by atoms with E-state index in [1.54, 1.807) is 22.7 Å². The summed E-state index contributed by atoms with van der Waals surface area (Å²) in [6.45, 7) is 12.7. The summed E-state index contributed by atoms with van der Waals surface area (Å²) in [6.07, 6.45) is 8.56. The molecule has 0 N–H and O–H groups in total. The number of aryl methyl sites for hydroxylation is 4. The van der Waals surface area contributed by atoms with Crippen molar-refractivity contribution >= 4 is 130 Å². The number of aromatic nitrogens is 8. The second kappa shape index (κ2) is 22.4. The molecule has 16 rings (SSSR count). The van der Waals surface area contributed by atoms with E-state index in [4.69, 9.17) is 9.97 Å². The molecule has 0 unspecified atom stereocenters. The minimum Gasteiger partial charge on any atom is -0.351 e. The van der Waals surface area contributed by atoms with Crippen LogP contribution in [0.5, 0.6) is 0 Å². The van der Waals surface area contributed by atoms with E-state index >= 15 is 14.4 Å². The maximum atomic E-state index is 15.3. The first-order valence-electron chi connectivity index (χ1n) is 32.0. The largest absolute Gasteiger partial charge is 0.351 e. The predicted molar refractivity (Wildman–Crippen MR) is 385 cm³/mol. The second-order valence-electron chi connectivity index (χ2n) is 25.2. The fourth-order valence-electron chi connectivity index (χ4n) is 14.4. The van der Waals surface area contributed by atoms with Gasteiger partial charge in [0.15, 0.2) is 21.7 Å². The quantitative estimate of drug-likeness (QED) is 0.0744.